The number of allylic oxidation sites excluding steroid dienone is 1. The Balaban J connectivity index is 1.69. The van der Waals surface area contributed by atoms with E-state index < -0.39 is 0 Å². The number of pyridine rings is 1. The normalized spacial score (nSPS) is 12.6. The number of amides is 1. The maximum absolute atomic E-state index is 13.3. The summed E-state index contributed by atoms with van der Waals surface area (Å²) in [6.45, 7) is 8.97. The van der Waals surface area contributed by atoms with Crippen LogP contribution in [0.4, 0.5) is 5.82 Å². The van der Waals surface area contributed by atoms with Crippen molar-refractivity contribution in [3.8, 4) is 21.8 Å². The van der Waals surface area contributed by atoms with Gasteiger partial charge in [-0.2, -0.15) is 5.10 Å². The third-order valence-electron chi connectivity index (χ3n) is 6.27. The molecule has 0 spiro atoms. The summed E-state index contributed by atoms with van der Waals surface area (Å²) >= 11 is 1.62. The smallest absolute Gasteiger partial charge is 0.251 e. The molecule has 0 fully saturated rings. The van der Waals surface area contributed by atoms with E-state index >= 15 is 0 Å². The lowest BCUT2D eigenvalue weighted by molar-refractivity contribution is 0.0938. The molecule has 11 heteroatoms. The van der Waals surface area contributed by atoms with E-state index in [2.05, 4.69) is 41.4 Å². The molecule has 0 radical (unpaired) electrons. The standard InChI is InChI=1S/C27H33N9OS/c1-4-35(5-2)18(3)15-31-27(37)19-13-23(33-25(14-19)30-16-20(29)8-10-28)21-17-32-36-11-9-22(34-26(21)36)24-7-6-12-38-24/h6-14,17-18,28H,4-5,15-16,29H2,1-3H3,(H,30,33)(H,31,37). The summed E-state index contributed by atoms with van der Waals surface area (Å²) in [5, 5.41) is 19.9. The van der Waals surface area contributed by atoms with Gasteiger partial charge in [-0.15, -0.1) is 11.3 Å². The third-order valence-corrected chi connectivity index (χ3v) is 7.16. The maximum atomic E-state index is 13.3. The molecule has 1 atom stereocenters. The number of anilines is 1. The van der Waals surface area contributed by atoms with Crippen LogP contribution in [0.2, 0.25) is 0 Å². The van der Waals surface area contributed by atoms with Gasteiger partial charge in [-0.25, -0.2) is 14.5 Å². The van der Waals surface area contributed by atoms with Gasteiger partial charge in [-0.1, -0.05) is 19.9 Å². The van der Waals surface area contributed by atoms with Gasteiger partial charge >= 0.3 is 0 Å². The molecule has 0 saturated carbocycles. The summed E-state index contributed by atoms with van der Waals surface area (Å²) in [6.07, 6.45) is 6.21. The van der Waals surface area contributed by atoms with Gasteiger partial charge in [0.1, 0.15) is 5.82 Å². The number of hydrogen-bond donors (Lipinski definition) is 4. The van der Waals surface area contributed by atoms with Crippen molar-refractivity contribution in [3.05, 3.63) is 65.4 Å². The van der Waals surface area contributed by atoms with Crippen molar-refractivity contribution in [1.82, 2.24) is 29.8 Å². The summed E-state index contributed by atoms with van der Waals surface area (Å²) in [7, 11) is 0. The minimum atomic E-state index is -0.192. The number of aromatic nitrogens is 4. The number of thiophene rings is 1. The number of carbonyl (C=O) groups is 1. The molecule has 0 aliphatic rings. The van der Waals surface area contributed by atoms with Gasteiger partial charge in [-0.3, -0.25) is 9.69 Å². The van der Waals surface area contributed by atoms with Crippen LogP contribution in [0.5, 0.6) is 0 Å². The zero-order chi connectivity index (χ0) is 27.1. The summed E-state index contributed by atoms with van der Waals surface area (Å²) < 4.78 is 1.70. The highest BCUT2D eigenvalue weighted by atomic mass is 32.1. The van der Waals surface area contributed by atoms with E-state index in [-0.39, 0.29) is 18.5 Å². The molecular formula is C27H33N9OS. The Bertz CT molecular complexity index is 1420. The zero-order valence-corrected chi connectivity index (χ0v) is 22.6. The molecule has 4 aromatic heterocycles. The first-order chi connectivity index (χ1) is 18.4. The number of nitrogens with two attached hydrogens (primary N) is 1. The fourth-order valence-electron chi connectivity index (χ4n) is 4.18. The molecule has 1 amide bonds. The number of rotatable bonds is 12. The van der Waals surface area contributed by atoms with E-state index in [1.165, 1.54) is 6.08 Å². The van der Waals surface area contributed by atoms with Crippen LogP contribution in [0.15, 0.2) is 59.9 Å². The van der Waals surface area contributed by atoms with Crippen LogP contribution >= 0.6 is 11.3 Å². The SMILES string of the molecule is CCN(CC)C(C)CNC(=O)c1cc(NCC(N)=CC=N)nc(-c2cnn3ccc(-c4cccs4)nc23)c1. The molecule has 1 unspecified atom stereocenters. The Labute approximate surface area is 226 Å². The number of carbonyl (C=O) groups excluding carboxylic acids is 1. The van der Waals surface area contributed by atoms with Crippen LogP contribution < -0.4 is 16.4 Å². The largest absolute Gasteiger partial charge is 0.401 e. The Hall–Kier alpha value is -4.09. The van der Waals surface area contributed by atoms with Crippen LogP contribution in [0, 0.1) is 5.41 Å². The van der Waals surface area contributed by atoms with Gasteiger partial charge in [0.2, 0.25) is 0 Å². The Morgan fingerprint density at radius 1 is 1.24 bits per heavy atom. The fraction of sp³-hybridized carbons (Fsp3) is 0.296. The van der Waals surface area contributed by atoms with Gasteiger partial charge in [0.15, 0.2) is 5.65 Å². The maximum Gasteiger partial charge on any atom is 0.251 e. The second kappa shape index (κ2) is 12.4. The van der Waals surface area contributed by atoms with E-state index in [1.54, 1.807) is 34.2 Å². The second-order valence-corrected chi connectivity index (χ2v) is 9.73. The monoisotopic (exact) mass is 531 g/mol. The molecule has 198 valence electrons. The van der Waals surface area contributed by atoms with Crippen molar-refractivity contribution >= 4 is 34.9 Å². The van der Waals surface area contributed by atoms with Crippen molar-refractivity contribution in [3.63, 3.8) is 0 Å². The molecule has 0 aromatic carbocycles. The average Bonchev–Trinajstić information content (AvgIpc) is 3.61. The first-order valence-corrected chi connectivity index (χ1v) is 13.4. The van der Waals surface area contributed by atoms with Crippen molar-refractivity contribution in [2.45, 2.75) is 26.8 Å². The molecule has 38 heavy (non-hydrogen) atoms. The van der Waals surface area contributed by atoms with Crippen LogP contribution in [0.1, 0.15) is 31.1 Å². The molecule has 4 rings (SSSR count). The minimum Gasteiger partial charge on any atom is -0.401 e. The zero-order valence-electron chi connectivity index (χ0n) is 21.8. The summed E-state index contributed by atoms with van der Waals surface area (Å²) in [5.41, 5.74) is 9.65. The molecule has 0 aliphatic carbocycles. The molecular weight excluding hydrogens is 498 g/mol. The Morgan fingerprint density at radius 2 is 2.05 bits per heavy atom. The van der Waals surface area contributed by atoms with Gasteiger partial charge in [0.25, 0.3) is 5.91 Å². The Morgan fingerprint density at radius 3 is 2.76 bits per heavy atom. The number of likely N-dealkylation sites (N-methyl/N-ethyl adjacent to an activating group) is 1. The molecule has 0 aliphatic heterocycles. The van der Waals surface area contributed by atoms with Crippen molar-refractivity contribution in [2.75, 3.05) is 31.5 Å². The number of hydrogen-bond acceptors (Lipinski definition) is 9. The van der Waals surface area contributed by atoms with Gasteiger partial charge < -0.3 is 21.8 Å². The van der Waals surface area contributed by atoms with Gasteiger partial charge in [-0.05, 0) is 55.7 Å². The molecule has 4 heterocycles. The van der Waals surface area contributed by atoms with Gasteiger partial charge in [0, 0.05) is 36.3 Å². The minimum absolute atomic E-state index is 0.192. The first kappa shape index (κ1) is 27.0. The van der Waals surface area contributed by atoms with E-state index in [1.807, 2.05) is 29.8 Å². The van der Waals surface area contributed by atoms with E-state index in [4.69, 9.17) is 21.1 Å². The Kier molecular flexibility index (Phi) is 8.82. The highest BCUT2D eigenvalue weighted by Gasteiger charge is 2.17. The van der Waals surface area contributed by atoms with Gasteiger partial charge in [0.05, 0.1) is 34.6 Å². The lowest BCUT2D eigenvalue weighted by atomic mass is 10.1. The third kappa shape index (κ3) is 6.24. The molecule has 10 nitrogen and oxygen atoms in total. The molecule has 5 N–H and O–H groups in total. The predicted molar refractivity (Wildman–Crippen MR) is 154 cm³/mol. The van der Waals surface area contributed by atoms with E-state index in [9.17, 15) is 4.79 Å². The quantitative estimate of drug-likeness (QED) is 0.204. The van der Waals surface area contributed by atoms with Crippen LogP contribution in [0.3, 0.4) is 0 Å². The number of nitrogens with zero attached hydrogens (tertiary/aromatic N) is 5. The molecule has 4 aromatic rings. The first-order valence-electron chi connectivity index (χ1n) is 12.5. The lowest BCUT2D eigenvalue weighted by Gasteiger charge is -2.26. The number of nitrogens with one attached hydrogen (secondary N) is 3. The van der Waals surface area contributed by atoms with Crippen molar-refractivity contribution in [2.24, 2.45) is 5.73 Å². The number of fused-ring (bicyclic) bond motifs is 1. The van der Waals surface area contributed by atoms with Crippen LogP contribution in [-0.2, 0) is 0 Å². The average molecular weight is 532 g/mol. The van der Waals surface area contributed by atoms with E-state index in [0.29, 0.717) is 40.5 Å². The summed E-state index contributed by atoms with van der Waals surface area (Å²) in [5.74, 6) is 0.293. The van der Waals surface area contributed by atoms with Crippen molar-refractivity contribution < 1.29 is 4.79 Å². The predicted octanol–water partition coefficient (Wildman–Crippen LogP) is 3.88. The van der Waals surface area contributed by atoms with Crippen LogP contribution in [-0.4, -0.2) is 68.8 Å². The van der Waals surface area contributed by atoms with Crippen LogP contribution in [0.25, 0.3) is 27.5 Å². The van der Waals surface area contributed by atoms with Crippen molar-refractivity contribution in [1.29, 1.82) is 5.41 Å². The lowest BCUT2D eigenvalue weighted by Crippen LogP contribution is -2.42. The second-order valence-electron chi connectivity index (χ2n) is 8.78. The fourth-order valence-corrected chi connectivity index (χ4v) is 4.87. The summed E-state index contributed by atoms with van der Waals surface area (Å²) in [4.78, 5) is 26.2. The van der Waals surface area contributed by atoms with E-state index in [0.717, 1.165) is 29.9 Å². The molecule has 0 bridgehead atoms. The summed E-state index contributed by atoms with van der Waals surface area (Å²) in [6, 6.07) is 9.61. The molecule has 0 saturated heterocycles. The topological polar surface area (TPSA) is 137 Å². The highest BCUT2D eigenvalue weighted by molar-refractivity contribution is 7.13. The highest BCUT2D eigenvalue weighted by Crippen LogP contribution is 2.28.